The number of aromatic nitrogens is 2. The smallest absolute Gasteiger partial charge is 0.226 e. The zero-order chi connectivity index (χ0) is 47.9. The van der Waals surface area contributed by atoms with E-state index in [4.69, 9.17) is 31.7 Å². The van der Waals surface area contributed by atoms with E-state index >= 15 is 0 Å². The van der Waals surface area contributed by atoms with Crippen LogP contribution in [0.1, 0.15) is 103 Å². The first-order chi connectivity index (χ1) is 31.7. The summed E-state index contributed by atoms with van der Waals surface area (Å²) in [4.78, 5) is 81.9. The van der Waals surface area contributed by atoms with Gasteiger partial charge in [0.2, 0.25) is 11.8 Å². The van der Waals surface area contributed by atoms with Crippen LogP contribution in [0.2, 0.25) is 0 Å². The molecule has 2 amide bonds. The molecule has 66 heavy (non-hydrogen) atoms. The van der Waals surface area contributed by atoms with Crippen molar-refractivity contribution in [1.82, 2.24) is 20.2 Å². The van der Waals surface area contributed by atoms with Crippen LogP contribution in [-0.2, 0) is 32.0 Å². The maximum Gasteiger partial charge on any atom is 0.226 e. The number of nitriles is 1. The molecule has 15 heteroatoms. The molecule has 350 valence electrons. The molecule has 5 rings (SSSR count). The van der Waals surface area contributed by atoms with Crippen molar-refractivity contribution in [3.8, 4) is 40.1 Å². The number of pyridine rings is 2. The molecule has 0 fully saturated rings. The van der Waals surface area contributed by atoms with Gasteiger partial charge in [0.25, 0.3) is 0 Å². The highest BCUT2D eigenvalue weighted by molar-refractivity contribution is 6.02. The SMILES string of the molecule is CCCCc1ccc(-c2cc(C)c(C(=O)C[C@@H](CCN)C(=O)N(C)[C@@H]3C(=O)C[C@@H](C)C(=O)N[C@H](C(=O)CCC#N)Cc4ccc(OCCN)c(c4)-c4cc3ccc4OCCN)c(C)n2)nc1. The Morgan fingerprint density at radius 2 is 1.62 bits per heavy atom. The van der Waals surface area contributed by atoms with Crippen LogP contribution >= 0.6 is 0 Å². The quantitative estimate of drug-likeness (QED) is 0.0780. The van der Waals surface area contributed by atoms with Gasteiger partial charge in [-0.25, -0.2) is 0 Å². The fourth-order valence-corrected chi connectivity index (χ4v) is 8.46. The van der Waals surface area contributed by atoms with Gasteiger partial charge in [0, 0.05) is 86.2 Å². The van der Waals surface area contributed by atoms with Crippen LogP contribution in [-0.4, -0.2) is 90.0 Å². The number of nitrogens with two attached hydrogens (primary N) is 3. The monoisotopic (exact) mass is 900 g/mol. The molecule has 2 aromatic heterocycles. The third kappa shape index (κ3) is 12.7. The van der Waals surface area contributed by atoms with Crippen LogP contribution < -0.4 is 32.0 Å². The van der Waals surface area contributed by atoms with Gasteiger partial charge in [0.15, 0.2) is 17.3 Å². The number of ketones is 3. The Balaban J connectivity index is 1.56. The molecule has 4 atom stereocenters. The van der Waals surface area contributed by atoms with Gasteiger partial charge >= 0.3 is 0 Å². The summed E-state index contributed by atoms with van der Waals surface area (Å²) in [6.45, 7) is 8.21. The third-order valence-electron chi connectivity index (χ3n) is 11.9. The number of carbonyl (C=O) groups is 5. The Morgan fingerprint density at radius 3 is 2.24 bits per heavy atom. The third-order valence-corrected chi connectivity index (χ3v) is 11.9. The molecular weight excluding hydrogens is 837 g/mol. The highest BCUT2D eigenvalue weighted by Gasteiger charge is 2.36. The van der Waals surface area contributed by atoms with Gasteiger partial charge in [0.05, 0.1) is 23.5 Å². The Morgan fingerprint density at radius 1 is 0.924 bits per heavy atom. The van der Waals surface area contributed by atoms with E-state index in [0.717, 1.165) is 24.8 Å². The van der Waals surface area contributed by atoms with Gasteiger partial charge in [-0.15, -0.1) is 0 Å². The Hall–Kier alpha value is -6.34. The fraction of sp³-hybridized carbons (Fsp3) is 0.451. The average molecular weight is 901 g/mol. The molecule has 4 aromatic rings. The normalized spacial score (nSPS) is 16.6. The molecule has 1 aliphatic heterocycles. The molecule has 0 unspecified atom stereocenters. The van der Waals surface area contributed by atoms with Crippen molar-refractivity contribution in [1.29, 1.82) is 5.26 Å². The van der Waals surface area contributed by atoms with Gasteiger partial charge < -0.3 is 36.9 Å². The summed E-state index contributed by atoms with van der Waals surface area (Å²) >= 11 is 0. The van der Waals surface area contributed by atoms with Crippen LogP contribution in [0, 0.1) is 37.0 Å². The summed E-state index contributed by atoms with van der Waals surface area (Å²) in [6, 6.07) is 16.1. The van der Waals surface area contributed by atoms with Gasteiger partial charge in [-0.2, -0.15) is 5.26 Å². The first-order valence-corrected chi connectivity index (χ1v) is 22.8. The molecule has 15 nitrogen and oxygen atoms in total. The zero-order valence-electron chi connectivity index (χ0n) is 38.9. The number of ether oxygens (including phenoxy) is 2. The predicted molar refractivity (Wildman–Crippen MR) is 252 cm³/mol. The molecule has 4 bridgehead atoms. The topological polar surface area (TPSA) is 247 Å². The second-order valence-electron chi connectivity index (χ2n) is 17.0. The number of benzene rings is 2. The number of likely N-dealkylation sites (N-methyl/N-ethyl adjacent to an activating group) is 1. The van der Waals surface area contributed by atoms with Crippen molar-refractivity contribution in [3.63, 3.8) is 0 Å². The van der Waals surface area contributed by atoms with E-state index in [1.807, 2.05) is 43.5 Å². The van der Waals surface area contributed by atoms with Crippen LogP contribution in [0.5, 0.6) is 11.5 Å². The van der Waals surface area contributed by atoms with Crippen molar-refractivity contribution in [2.75, 3.05) is 39.9 Å². The van der Waals surface area contributed by atoms with E-state index in [1.54, 1.807) is 44.2 Å². The Labute approximate surface area is 387 Å². The van der Waals surface area contributed by atoms with Crippen molar-refractivity contribution in [2.24, 2.45) is 29.0 Å². The van der Waals surface area contributed by atoms with Crippen molar-refractivity contribution < 1.29 is 33.4 Å². The number of amides is 2. The minimum Gasteiger partial charge on any atom is -0.492 e. The second kappa shape index (κ2) is 24.3. The molecule has 0 radical (unpaired) electrons. The predicted octanol–water partition coefficient (Wildman–Crippen LogP) is 5.69. The minimum absolute atomic E-state index is 0.0297. The number of aryl methyl sites for hydroxylation is 3. The zero-order valence-corrected chi connectivity index (χ0v) is 38.9. The molecule has 0 aliphatic carbocycles. The van der Waals surface area contributed by atoms with Gasteiger partial charge in [0.1, 0.15) is 30.8 Å². The minimum atomic E-state index is -1.23. The molecule has 1 aliphatic rings. The maximum atomic E-state index is 14.8. The Bertz CT molecular complexity index is 2390. The molecule has 2 aromatic carbocycles. The number of rotatable bonds is 20. The van der Waals surface area contributed by atoms with Crippen LogP contribution in [0.4, 0.5) is 0 Å². The van der Waals surface area contributed by atoms with E-state index in [0.29, 0.717) is 62.0 Å². The van der Waals surface area contributed by atoms with Crippen molar-refractivity contribution >= 4 is 29.2 Å². The van der Waals surface area contributed by atoms with E-state index in [1.165, 1.54) is 11.9 Å². The lowest BCUT2D eigenvalue weighted by Gasteiger charge is -2.32. The van der Waals surface area contributed by atoms with Gasteiger partial charge in [-0.05, 0) is 105 Å². The van der Waals surface area contributed by atoms with Gasteiger partial charge in [-0.1, -0.05) is 38.5 Å². The lowest BCUT2D eigenvalue weighted by atomic mass is 9.87. The summed E-state index contributed by atoms with van der Waals surface area (Å²) in [5, 5.41) is 12.1. The first kappa shape index (κ1) is 50.7. The number of carbonyl (C=O) groups excluding carboxylic acids is 5. The fourth-order valence-electron chi connectivity index (χ4n) is 8.46. The van der Waals surface area contributed by atoms with Gasteiger partial charge in [-0.3, -0.25) is 33.9 Å². The summed E-state index contributed by atoms with van der Waals surface area (Å²) in [7, 11) is 1.51. The van der Waals surface area contributed by atoms with E-state index in [9.17, 15) is 29.2 Å². The molecule has 0 saturated heterocycles. The van der Waals surface area contributed by atoms with E-state index < -0.39 is 41.5 Å². The number of fused-ring (bicyclic) bond motifs is 5. The lowest BCUT2D eigenvalue weighted by molar-refractivity contribution is -0.142. The van der Waals surface area contributed by atoms with Crippen LogP contribution in [0.25, 0.3) is 22.5 Å². The number of unbranched alkanes of at least 4 members (excludes halogenated alkanes) is 1. The number of hydrogen-bond donors (Lipinski definition) is 4. The maximum absolute atomic E-state index is 14.8. The highest BCUT2D eigenvalue weighted by Crippen LogP contribution is 2.41. The molecule has 0 saturated carbocycles. The first-order valence-electron chi connectivity index (χ1n) is 22.8. The van der Waals surface area contributed by atoms with E-state index in [-0.39, 0.29) is 82.9 Å². The number of nitrogens with zero attached hydrogens (tertiary/aromatic N) is 4. The van der Waals surface area contributed by atoms with Crippen molar-refractivity contribution in [3.05, 3.63) is 94.3 Å². The van der Waals surface area contributed by atoms with Crippen molar-refractivity contribution in [2.45, 2.75) is 97.6 Å². The molecule has 3 heterocycles. The summed E-state index contributed by atoms with van der Waals surface area (Å²) in [6.07, 6.45) is 4.62. The van der Waals surface area contributed by atoms with Crippen LogP contribution in [0.15, 0.2) is 60.8 Å². The average Bonchev–Trinajstić information content (AvgIpc) is 3.30. The van der Waals surface area contributed by atoms with Crippen LogP contribution in [0.3, 0.4) is 0 Å². The lowest BCUT2D eigenvalue weighted by Crippen LogP contribution is -2.46. The number of nitrogens with one attached hydrogen (secondary N) is 1. The highest BCUT2D eigenvalue weighted by atomic mass is 16.5. The summed E-state index contributed by atoms with van der Waals surface area (Å²) in [5.74, 6) is -3.06. The molecular formula is C51H64N8O7. The Kier molecular flexibility index (Phi) is 18.6. The second-order valence-corrected chi connectivity index (χ2v) is 17.0. The molecule has 0 spiro atoms. The van der Waals surface area contributed by atoms with E-state index in [2.05, 4.69) is 17.2 Å². The summed E-state index contributed by atoms with van der Waals surface area (Å²) < 4.78 is 12.3. The largest absolute Gasteiger partial charge is 0.492 e. The number of hydrogen-bond acceptors (Lipinski definition) is 13. The summed E-state index contributed by atoms with van der Waals surface area (Å²) in [5.41, 5.74) is 24.1. The molecule has 7 N–H and O–H groups in total. The number of Topliss-reactive ketones (excluding diaryl/α,β-unsaturated/α-hetero) is 3. The standard InChI is InChI=1S/C51H64N8O7/c1-6-7-9-34-11-14-40(56-30-34)41-24-31(2)48(33(4)57-41)44(61)29-37(17-19-53)51(64)59(5)49-36-13-16-47(66-23-21-55)39(28-36)38-26-35(12-15-46(38)65-22-20-54)27-42(43(60)10-8-18-52)58-50(63)32(3)25-45(49)62/h11-16,24,26,28,30,32,37,42,49H,6-10,17,19-23,25,27,29,53-55H2,1-5H3,(H,58,63)/t32-,37-,42+,49+/m1/s1.